The minimum absolute atomic E-state index is 0.00367. The lowest BCUT2D eigenvalue weighted by Crippen LogP contribution is -2.56. The summed E-state index contributed by atoms with van der Waals surface area (Å²) in [4.78, 5) is 48.1. The van der Waals surface area contributed by atoms with E-state index in [1.54, 1.807) is 24.3 Å². The van der Waals surface area contributed by atoms with E-state index in [1.807, 2.05) is 24.4 Å². The molecule has 0 spiro atoms. The highest BCUT2D eigenvalue weighted by molar-refractivity contribution is 6.01. The molecular weight excluding hydrogens is 510 g/mol. The van der Waals surface area contributed by atoms with Crippen molar-refractivity contribution in [1.82, 2.24) is 25.4 Å². The number of ether oxygens (including phenoxy) is 2. The first-order chi connectivity index (χ1) is 19.5. The van der Waals surface area contributed by atoms with Gasteiger partial charge >= 0.3 is 18.0 Å². The number of carbonyl (C=O) groups excluding carboxylic acids is 3. The largest absolute Gasteiger partial charge is 0.466 e. The summed E-state index contributed by atoms with van der Waals surface area (Å²) in [6.45, 7) is 2.01. The molecule has 2 aromatic rings. The van der Waals surface area contributed by atoms with Crippen LogP contribution in [0.2, 0.25) is 0 Å². The number of benzene rings is 1. The van der Waals surface area contributed by atoms with Crippen LogP contribution in [-0.4, -0.2) is 78.8 Å². The van der Waals surface area contributed by atoms with Crippen LogP contribution >= 0.6 is 0 Å². The molecule has 1 aliphatic carbocycles. The molecule has 40 heavy (non-hydrogen) atoms. The smallest absolute Gasteiger partial charge is 0.338 e. The summed E-state index contributed by atoms with van der Waals surface area (Å²) in [5, 5.41) is 5.77. The minimum atomic E-state index is -0.949. The summed E-state index contributed by atoms with van der Waals surface area (Å²) in [6, 6.07) is 13.4. The van der Waals surface area contributed by atoms with Crippen LogP contribution in [0.4, 0.5) is 9.59 Å². The standard InChI is InChI=1S/C30H37N5O5/c1-39-19-25-26(28(36)40-2)27(21-8-4-3-5-9-21)35(30(38)33-25)29(37)32-22-11-12-23(18-22)34-16-13-20(14-17-34)24-10-6-7-15-31-24/h3-10,15,20,22-23,27H,11-14,16-19H2,1-2H3,(H,32,37)(H,33,38)/t22-,23-,27+/m1/s1. The third-order valence-electron chi connectivity index (χ3n) is 8.25. The number of nitrogens with zero attached hydrogens (tertiary/aromatic N) is 3. The Balaban J connectivity index is 1.28. The molecule has 4 amide bonds. The second-order valence-electron chi connectivity index (χ2n) is 10.6. The molecule has 0 unspecified atom stereocenters. The molecule has 0 radical (unpaired) electrons. The molecular formula is C30H37N5O5. The van der Waals surface area contributed by atoms with Gasteiger partial charge in [-0.1, -0.05) is 36.4 Å². The van der Waals surface area contributed by atoms with Gasteiger partial charge in [0.1, 0.15) is 6.04 Å². The predicted octanol–water partition coefficient (Wildman–Crippen LogP) is 3.73. The van der Waals surface area contributed by atoms with Crippen molar-refractivity contribution in [3.63, 3.8) is 0 Å². The molecule has 1 saturated heterocycles. The maximum Gasteiger partial charge on any atom is 0.338 e. The Morgan fingerprint density at radius 1 is 1.02 bits per heavy atom. The number of pyridine rings is 1. The number of rotatable bonds is 7. The second-order valence-corrected chi connectivity index (χ2v) is 10.6. The zero-order chi connectivity index (χ0) is 28.1. The Hall–Kier alpha value is -3.76. The fourth-order valence-electron chi connectivity index (χ4n) is 6.27. The lowest BCUT2D eigenvalue weighted by Gasteiger charge is -2.37. The van der Waals surface area contributed by atoms with Gasteiger partial charge < -0.3 is 25.0 Å². The van der Waals surface area contributed by atoms with Crippen LogP contribution < -0.4 is 10.6 Å². The number of likely N-dealkylation sites (tertiary alicyclic amines) is 1. The van der Waals surface area contributed by atoms with Crippen molar-refractivity contribution in [2.75, 3.05) is 33.9 Å². The van der Waals surface area contributed by atoms with Gasteiger partial charge in [-0.15, -0.1) is 0 Å². The van der Waals surface area contributed by atoms with Crippen LogP contribution in [0.15, 0.2) is 66.0 Å². The van der Waals surface area contributed by atoms with Gasteiger partial charge in [-0.3, -0.25) is 4.98 Å². The van der Waals surface area contributed by atoms with E-state index in [2.05, 4.69) is 26.6 Å². The first-order valence-corrected chi connectivity index (χ1v) is 13.9. The monoisotopic (exact) mass is 547 g/mol. The summed E-state index contributed by atoms with van der Waals surface area (Å²) in [7, 11) is 2.75. The van der Waals surface area contributed by atoms with Gasteiger partial charge in [0.2, 0.25) is 0 Å². The van der Waals surface area contributed by atoms with E-state index in [0.717, 1.165) is 50.1 Å². The number of methoxy groups -OCH3 is 2. The van der Waals surface area contributed by atoms with Gasteiger partial charge in [0.15, 0.2) is 0 Å². The lowest BCUT2D eigenvalue weighted by molar-refractivity contribution is -0.137. The summed E-state index contributed by atoms with van der Waals surface area (Å²) < 4.78 is 10.3. The molecule has 1 aromatic heterocycles. The number of nitrogens with one attached hydrogen (secondary N) is 2. The minimum Gasteiger partial charge on any atom is -0.466 e. The molecule has 10 heteroatoms. The van der Waals surface area contributed by atoms with E-state index in [-0.39, 0.29) is 23.9 Å². The number of aromatic nitrogens is 1. The van der Waals surface area contributed by atoms with Crippen molar-refractivity contribution in [2.24, 2.45) is 0 Å². The number of esters is 1. The molecule has 2 N–H and O–H groups in total. The zero-order valence-corrected chi connectivity index (χ0v) is 23.0. The zero-order valence-electron chi connectivity index (χ0n) is 23.0. The third kappa shape index (κ3) is 5.88. The van der Waals surface area contributed by atoms with Crippen LogP contribution in [0.5, 0.6) is 0 Å². The van der Waals surface area contributed by atoms with Gasteiger partial charge in [-0.25, -0.2) is 19.3 Å². The first kappa shape index (κ1) is 27.8. The van der Waals surface area contributed by atoms with E-state index >= 15 is 0 Å². The maximum absolute atomic E-state index is 13.7. The molecule has 2 aliphatic heterocycles. The SMILES string of the molecule is COCC1=C(C(=O)OC)[C@H](c2ccccc2)N(C(=O)N[C@@H]2CC[C@@H](N3CCC(c4ccccn4)CC3)C2)C(=O)N1. The normalized spacial score (nSPS) is 24.1. The Morgan fingerprint density at radius 3 is 2.45 bits per heavy atom. The summed E-state index contributed by atoms with van der Waals surface area (Å²) in [5.74, 6) is -0.143. The fraction of sp³-hybridized carbons (Fsp3) is 0.467. The molecule has 3 atom stereocenters. The Morgan fingerprint density at radius 2 is 1.77 bits per heavy atom. The Labute approximate surface area is 234 Å². The Bertz CT molecular complexity index is 1230. The number of imide groups is 1. The summed E-state index contributed by atoms with van der Waals surface area (Å²) in [5.41, 5.74) is 2.25. The molecule has 212 valence electrons. The number of hydrogen-bond donors (Lipinski definition) is 2. The lowest BCUT2D eigenvalue weighted by atomic mass is 9.92. The van der Waals surface area contributed by atoms with Crippen molar-refractivity contribution in [3.8, 4) is 0 Å². The van der Waals surface area contributed by atoms with Gasteiger partial charge in [0.05, 0.1) is 25.0 Å². The molecule has 2 fully saturated rings. The van der Waals surface area contributed by atoms with Crippen LogP contribution in [0, 0.1) is 0 Å². The Kier molecular flexibility index (Phi) is 8.76. The highest BCUT2D eigenvalue weighted by atomic mass is 16.5. The number of hydrogen-bond acceptors (Lipinski definition) is 7. The van der Waals surface area contributed by atoms with Gasteiger partial charge in [-0.05, 0) is 62.9 Å². The average Bonchev–Trinajstić information content (AvgIpc) is 3.46. The molecule has 3 heterocycles. The number of urea groups is 2. The molecule has 10 nitrogen and oxygen atoms in total. The van der Waals surface area contributed by atoms with Gasteiger partial charge in [0, 0.05) is 37.0 Å². The van der Waals surface area contributed by atoms with E-state index in [0.29, 0.717) is 17.5 Å². The maximum atomic E-state index is 13.7. The summed E-state index contributed by atoms with van der Waals surface area (Å²) >= 11 is 0. The van der Waals surface area contributed by atoms with Gasteiger partial charge in [0.25, 0.3) is 0 Å². The highest BCUT2D eigenvalue weighted by Crippen LogP contribution is 2.36. The first-order valence-electron chi connectivity index (χ1n) is 13.9. The van der Waals surface area contributed by atoms with Crippen LogP contribution in [0.3, 0.4) is 0 Å². The number of piperidine rings is 1. The highest BCUT2D eigenvalue weighted by Gasteiger charge is 2.44. The number of carbonyl (C=O) groups is 3. The quantitative estimate of drug-likeness (QED) is 0.508. The van der Waals surface area contributed by atoms with E-state index in [4.69, 9.17) is 9.47 Å². The van der Waals surface area contributed by atoms with Crippen LogP contribution in [-0.2, 0) is 14.3 Å². The molecule has 1 aromatic carbocycles. The van der Waals surface area contributed by atoms with E-state index in [9.17, 15) is 14.4 Å². The van der Waals surface area contributed by atoms with Crippen molar-refractivity contribution >= 4 is 18.0 Å². The van der Waals surface area contributed by atoms with Gasteiger partial charge in [-0.2, -0.15) is 0 Å². The van der Waals surface area contributed by atoms with E-state index < -0.39 is 24.1 Å². The topological polar surface area (TPSA) is 113 Å². The predicted molar refractivity (Wildman–Crippen MR) is 148 cm³/mol. The second kappa shape index (κ2) is 12.6. The molecule has 3 aliphatic rings. The third-order valence-corrected chi connectivity index (χ3v) is 8.25. The van der Waals surface area contributed by atoms with Crippen molar-refractivity contribution in [3.05, 3.63) is 77.3 Å². The number of amides is 4. The molecule has 0 bridgehead atoms. The fourth-order valence-corrected chi connectivity index (χ4v) is 6.27. The van der Waals surface area contributed by atoms with Crippen molar-refractivity contribution < 1.29 is 23.9 Å². The van der Waals surface area contributed by atoms with Crippen LogP contribution in [0.1, 0.15) is 55.3 Å². The average molecular weight is 548 g/mol. The van der Waals surface area contributed by atoms with Crippen LogP contribution in [0.25, 0.3) is 0 Å². The van der Waals surface area contributed by atoms with E-state index in [1.165, 1.54) is 19.9 Å². The van der Waals surface area contributed by atoms with Crippen molar-refractivity contribution in [2.45, 2.75) is 56.1 Å². The van der Waals surface area contributed by atoms with Crippen molar-refractivity contribution in [1.29, 1.82) is 0 Å². The summed E-state index contributed by atoms with van der Waals surface area (Å²) in [6.07, 6.45) is 6.64. The molecule has 5 rings (SSSR count). The molecule has 1 saturated carbocycles.